The van der Waals surface area contributed by atoms with Gasteiger partial charge in [-0.05, 0) is 37.5 Å². The lowest BCUT2D eigenvalue weighted by Crippen LogP contribution is -2.08. The van der Waals surface area contributed by atoms with Crippen molar-refractivity contribution in [1.29, 1.82) is 0 Å². The smallest absolute Gasteiger partial charge is 0.202 e. The lowest BCUT2D eigenvalue weighted by atomic mass is 10.0. The number of phenols is 1. The highest BCUT2D eigenvalue weighted by molar-refractivity contribution is 5.84. The number of unbranched alkanes of at least 4 members (excludes halogenated alkanes) is 1. The molecule has 2 N–H and O–H groups in total. The van der Waals surface area contributed by atoms with Crippen LogP contribution in [0.25, 0.3) is 22.2 Å². The number of fused-ring (bicyclic) bond motifs is 1. The number of nitrogens with one attached hydrogen (secondary N) is 1. The molecule has 0 saturated carbocycles. The number of hydrogen-bond donors (Lipinski definition) is 2. The van der Waals surface area contributed by atoms with Gasteiger partial charge < -0.3 is 9.52 Å². The third-order valence-electron chi connectivity index (χ3n) is 3.84. The average molecular weight is 298 g/mol. The number of hydrogen-bond acceptors (Lipinski definition) is 4. The van der Waals surface area contributed by atoms with Crippen LogP contribution in [-0.2, 0) is 6.42 Å². The van der Waals surface area contributed by atoms with Gasteiger partial charge in [0, 0.05) is 12.3 Å². The topological polar surface area (TPSA) is 79.1 Å². The van der Waals surface area contributed by atoms with Crippen LogP contribution >= 0.6 is 0 Å². The standard InChI is InChI=1S/C17H18N2O3/c1-3-4-5-11-8-12-15(9-14(11)20)22-10(2)16(17(12)21)13-6-7-18-19-13/h6-9,20H,3-5H2,1-2H3,(H,18,19). The van der Waals surface area contributed by atoms with Crippen molar-refractivity contribution in [3.8, 4) is 17.0 Å². The molecule has 5 heteroatoms. The average Bonchev–Trinajstić information content (AvgIpc) is 2.99. The van der Waals surface area contributed by atoms with E-state index in [0.29, 0.717) is 28.0 Å². The van der Waals surface area contributed by atoms with Crippen molar-refractivity contribution in [2.24, 2.45) is 0 Å². The molecule has 22 heavy (non-hydrogen) atoms. The van der Waals surface area contributed by atoms with Gasteiger partial charge in [-0.2, -0.15) is 5.10 Å². The van der Waals surface area contributed by atoms with Crippen LogP contribution in [0.1, 0.15) is 31.1 Å². The summed E-state index contributed by atoms with van der Waals surface area (Å²) in [6.07, 6.45) is 4.33. The molecule has 0 fully saturated rings. The number of aryl methyl sites for hydroxylation is 2. The highest BCUT2D eigenvalue weighted by Crippen LogP contribution is 2.28. The van der Waals surface area contributed by atoms with Gasteiger partial charge in [-0.3, -0.25) is 9.89 Å². The van der Waals surface area contributed by atoms with Crippen molar-refractivity contribution in [3.63, 3.8) is 0 Å². The zero-order valence-electron chi connectivity index (χ0n) is 12.6. The van der Waals surface area contributed by atoms with E-state index < -0.39 is 0 Å². The number of phenolic OH excluding ortho intramolecular Hbond substituents is 1. The summed E-state index contributed by atoms with van der Waals surface area (Å²) in [5.74, 6) is 0.681. The summed E-state index contributed by atoms with van der Waals surface area (Å²) in [5.41, 5.74) is 2.19. The Labute approximate surface area is 127 Å². The van der Waals surface area contributed by atoms with Gasteiger partial charge in [0.05, 0.1) is 16.6 Å². The summed E-state index contributed by atoms with van der Waals surface area (Å²) in [6.45, 7) is 3.82. The van der Waals surface area contributed by atoms with Crippen LogP contribution in [0, 0.1) is 6.92 Å². The van der Waals surface area contributed by atoms with Crippen LogP contribution in [0.3, 0.4) is 0 Å². The fourth-order valence-electron chi connectivity index (χ4n) is 2.66. The maximum Gasteiger partial charge on any atom is 0.202 e. The fraction of sp³-hybridized carbons (Fsp3) is 0.294. The molecule has 0 spiro atoms. The molecule has 2 aromatic heterocycles. The van der Waals surface area contributed by atoms with Crippen molar-refractivity contribution >= 4 is 11.0 Å². The summed E-state index contributed by atoms with van der Waals surface area (Å²) in [7, 11) is 0. The minimum absolute atomic E-state index is 0.110. The minimum Gasteiger partial charge on any atom is -0.508 e. The molecule has 0 atom stereocenters. The van der Waals surface area contributed by atoms with Crippen LogP contribution in [0.2, 0.25) is 0 Å². The third kappa shape index (κ3) is 2.39. The molecule has 0 aliphatic rings. The Morgan fingerprint density at radius 2 is 2.18 bits per heavy atom. The number of rotatable bonds is 4. The van der Waals surface area contributed by atoms with Crippen LogP contribution < -0.4 is 5.43 Å². The summed E-state index contributed by atoms with van der Waals surface area (Å²) < 4.78 is 5.73. The van der Waals surface area contributed by atoms with E-state index >= 15 is 0 Å². The molecule has 114 valence electrons. The van der Waals surface area contributed by atoms with Crippen molar-refractivity contribution < 1.29 is 9.52 Å². The van der Waals surface area contributed by atoms with E-state index in [4.69, 9.17) is 4.42 Å². The molecule has 5 nitrogen and oxygen atoms in total. The predicted octanol–water partition coefficient (Wildman–Crippen LogP) is 3.54. The Morgan fingerprint density at radius 1 is 1.36 bits per heavy atom. The van der Waals surface area contributed by atoms with Crippen LogP contribution in [0.4, 0.5) is 0 Å². The molecule has 0 radical (unpaired) electrons. The zero-order valence-corrected chi connectivity index (χ0v) is 12.6. The molecule has 0 saturated heterocycles. The number of aromatic nitrogens is 2. The van der Waals surface area contributed by atoms with E-state index in [9.17, 15) is 9.90 Å². The van der Waals surface area contributed by atoms with E-state index in [1.165, 1.54) is 6.07 Å². The first-order valence-corrected chi connectivity index (χ1v) is 7.41. The molecular weight excluding hydrogens is 280 g/mol. The van der Waals surface area contributed by atoms with Crippen LogP contribution in [0.15, 0.2) is 33.6 Å². The lowest BCUT2D eigenvalue weighted by Gasteiger charge is -2.09. The van der Waals surface area contributed by atoms with E-state index in [0.717, 1.165) is 24.8 Å². The Balaban J connectivity index is 2.24. The number of nitrogens with zero attached hydrogens (tertiary/aromatic N) is 1. The fourth-order valence-corrected chi connectivity index (χ4v) is 2.66. The summed E-state index contributed by atoms with van der Waals surface area (Å²) >= 11 is 0. The number of aromatic hydroxyl groups is 1. The maximum absolute atomic E-state index is 12.8. The molecule has 0 aliphatic heterocycles. The van der Waals surface area contributed by atoms with Crippen molar-refractivity contribution in [3.05, 3.63) is 45.9 Å². The van der Waals surface area contributed by atoms with Crippen LogP contribution in [-0.4, -0.2) is 15.3 Å². The monoisotopic (exact) mass is 298 g/mol. The molecule has 0 amide bonds. The van der Waals surface area contributed by atoms with E-state index in [1.54, 1.807) is 25.3 Å². The quantitative estimate of drug-likeness (QED) is 0.772. The zero-order chi connectivity index (χ0) is 15.7. The van der Waals surface area contributed by atoms with Crippen molar-refractivity contribution in [2.45, 2.75) is 33.1 Å². The van der Waals surface area contributed by atoms with Gasteiger partial charge >= 0.3 is 0 Å². The second-order valence-electron chi connectivity index (χ2n) is 5.41. The van der Waals surface area contributed by atoms with Crippen molar-refractivity contribution in [1.82, 2.24) is 10.2 Å². The highest BCUT2D eigenvalue weighted by atomic mass is 16.3. The molecular formula is C17H18N2O3. The number of benzene rings is 1. The first-order valence-electron chi connectivity index (χ1n) is 7.41. The van der Waals surface area contributed by atoms with E-state index in [2.05, 4.69) is 17.1 Å². The van der Waals surface area contributed by atoms with Gasteiger partial charge in [-0.15, -0.1) is 0 Å². The predicted molar refractivity (Wildman–Crippen MR) is 85.1 cm³/mol. The van der Waals surface area contributed by atoms with Gasteiger partial charge in [0.2, 0.25) is 5.43 Å². The largest absolute Gasteiger partial charge is 0.508 e. The maximum atomic E-state index is 12.8. The Kier molecular flexibility index (Phi) is 3.71. The molecule has 3 rings (SSSR count). The molecule has 2 heterocycles. The third-order valence-corrected chi connectivity index (χ3v) is 3.84. The molecule has 0 bridgehead atoms. The number of H-pyrrole nitrogens is 1. The highest BCUT2D eigenvalue weighted by Gasteiger charge is 2.16. The first-order chi connectivity index (χ1) is 10.6. The normalized spacial score (nSPS) is 11.2. The van der Waals surface area contributed by atoms with Crippen molar-refractivity contribution in [2.75, 3.05) is 0 Å². The summed E-state index contributed by atoms with van der Waals surface area (Å²) in [6, 6.07) is 5.01. The Hall–Kier alpha value is -2.56. The molecule has 0 unspecified atom stereocenters. The Bertz CT molecular complexity index is 864. The van der Waals surface area contributed by atoms with E-state index in [1.807, 2.05) is 0 Å². The van der Waals surface area contributed by atoms with Gasteiger partial charge in [-0.1, -0.05) is 13.3 Å². The lowest BCUT2D eigenvalue weighted by molar-refractivity contribution is 0.465. The SMILES string of the molecule is CCCCc1cc2c(=O)c(-c3ccn[nH]3)c(C)oc2cc1O. The molecule has 0 aliphatic carbocycles. The molecule has 1 aromatic carbocycles. The molecule has 3 aromatic rings. The van der Waals surface area contributed by atoms with Gasteiger partial charge in [0.15, 0.2) is 0 Å². The minimum atomic E-state index is -0.110. The summed E-state index contributed by atoms with van der Waals surface area (Å²) in [4.78, 5) is 12.8. The second kappa shape index (κ2) is 5.67. The van der Waals surface area contributed by atoms with Gasteiger partial charge in [0.25, 0.3) is 0 Å². The van der Waals surface area contributed by atoms with Gasteiger partial charge in [0.1, 0.15) is 17.1 Å². The first kappa shape index (κ1) is 14.4. The van der Waals surface area contributed by atoms with Gasteiger partial charge in [-0.25, -0.2) is 0 Å². The number of aromatic amines is 1. The van der Waals surface area contributed by atoms with Crippen LogP contribution in [0.5, 0.6) is 5.75 Å². The van der Waals surface area contributed by atoms with E-state index in [-0.39, 0.29) is 11.2 Å². The second-order valence-corrected chi connectivity index (χ2v) is 5.41. The summed E-state index contributed by atoms with van der Waals surface area (Å²) in [5, 5.41) is 17.3. The Morgan fingerprint density at radius 3 is 2.86 bits per heavy atom.